The number of carbonyl (C=O) groups excluding carboxylic acids is 1. The van der Waals surface area contributed by atoms with Crippen LogP contribution in [0.5, 0.6) is 0 Å². The summed E-state index contributed by atoms with van der Waals surface area (Å²) < 4.78 is 0. The molecule has 1 N–H and O–H groups in total. The number of nitrogens with one attached hydrogen (secondary N) is 1. The summed E-state index contributed by atoms with van der Waals surface area (Å²) in [5.74, 6) is 0.711. The molecule has 0 spiro atoms. The zero-order valence-corrected chi connectivity index (χ0v) is 12.4. The first-order valence-corrected chi connectivity index (χ1v) is 7.95. The summed E-state index contributed by atoms with van der Waals surface area (Å²) in [4.78, 5) is 14.6. The summed E-state index contributed by atoms with van der Waals surface area (Å²) >= 11 is 5.96. The third-order valence-corrected chi connectivity index (χ3v) is 4.82. The predicted octanol–water partition coefficient (Wildman–Crippen LogP) is 4.53. The number of anilines is 1. The molecule has 1 aliphatic carbocycles. The normalized spacial score (nSPS) is 25.9. The first-order chi connectivity index (χ1) is 9.74. The van der Waals surface area contributed by atoms with Gasteiger partial charge in [0.2, 0.25) is 0 Å². The van der Waals surface area contributed by atoms with Crippen LogP contribution in [-0.2, 0) is 0 Å². The van der Waals surface area contributed by atoms with Crippen LogP contribution >= 0.6 is 11.6 Å². The third kappa shape index (κ3) is 2.93. The van der Waals surface area contributed by atoms with Gasteiger partial charge in [-0.15, -0.1) is 0 Å². The molecule has 1 aromatic carbocycles. The molecular formula is C16H21ClN2O. The van der Waals surface area contributed by atoms with Crippen LogP contribution in [0.3, 0.4) is 0 Å². The van der Waals surface area contributed by atoms with Crippen LogP contribution in [0.4, 0.5) is 10.5 Å². The number of hydrogen-bond acceptors (Lipinski definition) is 1. The summed E-state index contributed by atoms with van der Waals surface area (Å²) in [5, 5.41) is 3.64. The van der Waals surface area contributed by atoms with Gasteiger partial charge in [-0.05, 0) is 49.8 Å². The number of halogens is 1. The van der Waals surface area contributed by atoms with Crippen molar-refractivity contribution in [1.82, 2.24) is 4.90 Å². The van der Waals surface area contributed by atoms with E-state index in [0.29, 0.717) is 17.0 Å². The maximum atomic E-state index is 12.5. The zero-order chi connectivity index (χ0) is 13.9. The SMILES string of the molecule is O=C(Nc1cccc(Cl)c1)N1CCC[C@@H]2CCCC[C@@H]21. The van der Waals surface area contributed by atoms with Gasteiger partial charge in [-0.2, -0.15) is 0 Å². The van der Waals surface area contributed by atoms with E-state index in [9.17, 15) is 4.79 Å². The molecular weight excluding hydrogens is 272 g/mol. The molecule has 3 nitrogen and oxygen atoms in total. The molecule has 0 aromatic heterocycles. The van der Waals surface area contributed by atoms with E-state index < -0.39 is 0 Å². The Bertz CT molecular complexity index is 489. The minimum atomic E-state index is 0.0314. The molecule has 2 amide bonds. The van der Waals surface area contributed by atoms with Crippen LogP contribution in [0.2, 0.25) is 5.02 Å². The highest BCUT2D eigenvalue weighted by atomic mass is 35.5. The van der Waals surface area contributed by atoms with E-state index in [2.05, 4.69) is 5.32 Å². The third-order valence-electron chi connectivity index (χ3n) is 4.58. The Labute approximate surface area is 125 Å². The molecule has 0 bridgehead atoms. The second-order valence-electron chi connectivity index (χ2n) is 5.89. The molecule has 1 saturated carbocycles. The lowest BCUT2D eigenvalue weighted by Gasteiger charge is -2.44. The number of amides is 2. The van der Waals surface area contributed by atoms with Gasteiger partial charge in [0.1, 0.15) is 0 Å². The maximum absolute atomic E-state index is 12.5. The van der Waals surface area contributed by atoms with Gasteiger partial charge < -0.3 is 10.2 Å². The Morgan fingerprint density at radius 1 is 1.20 bits per heavy atom. The Kier molecular flexibility index (Phi) is 4.16. The van der Waals surface area contributed by atoms with Gasteiger partial charge in [0.25, 0.3) is 0 Å². The minimum Gasteiger partial charge on any atom is -0.321 e. The van der Waals surface area contributed by atoms with Gasteiger partial charge in [-0.1, -0.05) is 30.5 Å². The number of carbonyl (C=O) groups is 1. The lowest BCUT2D eigenvalue weighted by atomic mass is 9.78. The van der Waals surface area contributed by atoms with E-state index in [1.54, 1.807) is 6.07 Å². The van der Waals surface area contributed by atoms with Crippen LogP contribution in [0, 0.1) is 5.92 Å². The number of rotatable bonds is 1. The van der Waals surface area contributed by atoms with Crippen LogP contribution in [0.1, 0.15) is 38.5 Å². The lowest BCUT2D eigenvalue weighted by Crippen LogP contribution is -2.51. The summed E-state index contributed by atoms with van der Waals surface area (Å²) in [6.07, 6.45) is 7.43. The largest absolute Gasteiger partial charge is 0.322 e. The molecule has 2 atom stereocenters. The first kappa shape index (κ1) is 13.7. The lowest BCUT2D eigenvalue weighted by molar-refractivity contribution is 0.0909. The quantitative estimate of drug-likeness (QED) is 0.810. The highest BCUT2D eigenvalue weighted by Crippen LogP contribution is 2.35. The highest BCUT2D eigenvalue weighted by molar-refractivity contribution is 6.30. The molecule has 0 radical (unpaired) electrons. The fourth-order valence-electron chi connectivity index (χ4n) is 3.64. The van der Waals surface area contributed by atoms with Crippen molar-refractivity contribution in [3.8, 4) is 0 Å². The van der Waals surface area contributed by atoms with Gasteiger partial charge in [0.05, 0.1) is 0 Å². The fraction of sp³-hybridized carbons (Fsp3) is 0.562. The summed E-state index contributed by atoms with van der Waals surface area (Å²) in [6.45, 7) is 0.883. The van der Waals surface area contributed by atoms with E-state index >= 15 is 0 Å². The van der Waals surface area contributed by atoms with E-state index in [-0.39, 0.29) is 6.03 Å². The molecule has 2 fully saturated rings. The Morgan fingerprint density at radius 3 is 2.85 bits per heavy atom. The molecule has 3 rings (SSSR count). The Morgan fingerprint density at radius 2 is 2.00 bits per heavy atom. The number of nitrogens with zero attached hydrogens (tertiary/aromatic N) is 1. The van der Waals surface area contributed by atoms with E-state index in [0.717, 1.165) is 25.1 Å². The molecule has 1 aliphatic heterocycles. The van der Waals surface area contributed by atoms with Crippen LogP contribution < -0.4 is 5.32 Å². The minimum absolute atomic E-state index is 0.0314. The van der Waals surface area contributed by atoms with Crippen LogP contribution in [-0.4, -0.2) is 23.5 Å². The number of piperidine rings is 1. The predicted molar refractivity (Wildman–Crippen MR) is 82.2 cm³/mol. The van der Waals surface area contributed by atoms with Crippen molar-refractivity contribution in [1.29, 1.82) is 0 Å². The monoisotopic (exact) mass is 292 g/mol. The van der Waals surface area contributed by atoms with Crippen molar-refractivity contribution >= 4 is 23.3 Å². The van der Waals surface area contributed by atoms with E-state index in [1.165, 1.54) is 25.7 Å². The Hall–Kier alpha value is -1.22. The number of likely N-dealkylation sites (tertiary alicyclic amines) is 1. The van der Waals surface area contributed by atoms with Crippen molar-refractivity contribution in [2.24, 2.45) is 5.92 Å². The highest BCUT2D eigenvalue weighted by Gasteiger charge is 2.35. The van der Waals surface area contributed by atoms with Gasteiger partial charge in [-0.3, -0.25) is 0 Å². The molecule has 20 heavy (non-hydrogen) atoms. The molecule has 4 heteroatoms. The second kappa shape index (κ2) is 6.04. The fourth-order valence-corrected chi connectivity index (χ4v) is 3.83. The van der Waals surface area contributed by atoms with Crippen LogP contribution in [0.25, 0.3) is 0 Å². The van der Waals surface area contributed by atoms with Crippen molar-refractivity contribution in [3.63, 3.8) is 0 Å². The van der Waals surface area contributed by atoms with E-state index in [1.807, 2.05) is 23.1 Å². The number of fused-ring (bicyclic) bond motifs is 1. The van der Waals surface area contributed by atoms with Crippen LogP contribution in [0.15, 0.2) is 24.3 Å². The standard InChI is InChI=1S/C16H21ClN2O/c17-13-7-3-8-14(11-13)18-16(20)19-10-4-6-12-5-1-2-9-15(12)19/h3,7-8,11-12,15H,1-2,4-6,9-10H2,(H,18,20)/t12-,15-/m0/s1. The van der Waals surface area contributed by atoms with Crippen molar-refractivity contribution in [2.75, 3.05) is 11.9 Å². The molecule has 2 aliphatic rings. The number of urea groups is 1. The first-order valence-electron chi connectivity index (χ1n) is 7.57. The van der Waals surface area contributed by atoms with Crippen molar-refractivity contribution in [2.45, 2.75) is 44.6 Å². The Balaban J connectivity index is 1.69. The van der Waals surface area contributed by atoms with Gasteiger partial charge in [0.15, 0.2) is 0 Å². The van der Waals surface area contributed by atoms with Gasteiger partial charge in [-0.25, -0.2) is 4.79 Å². The van der Waals surface area contributed by atoms with Crippen molar-refractivity contribution in [3.05, 3.63) is 29.3 Å². The van der Waals surface area contributed by atoms with Gasteiger partial charge in [0, 0.05) is 23.3 Å². The molecule has 1 saturated heterocycles. The number of hydrogen-bond donors (Lipinski definition) is 1. The smallest absolute Gasteiger partial charge is 0.321 e. The summed E-state index contributed by atoms with van der Waals surface area (Å²) in [6, 6.07) is 7.82. The summed E-state index contributed by atoms with van der Waals surface area (Å²) in [7, 11) is 0. The van der Waals surface area contributed by atoms with Gasteiger partial charge >= 0.3 is 6.03 Å². The average Bonchev–Trinajstić information content (AvgIpc) is 2.46. The van der Waals surface area contributed by atoms with E-state index in [4.69, 9.17) is 11.6 Å². The molecule has 0 unspecified atom stereocenters. The van der Waals surface area contributed by atoms with Crippen molar-refractivity contribution < 1.29 is 4.79 Å². The second-order valence-corrected chi connectivity index (χ2v) is 6.32. The molecule has 108 valence electrons. The average molecular weight is 293 g/mol. The maximum Gasteiger partial charge on any atom is 0.322 e. The molecule has 1 aromatic rings. The number of benzene rings is 1. The molecule has 1 heterocycles. The zero-order valence-electron chi connectivity index (χ0n) is 11.6. The summed E-state index contributed by atoms with van der Waals surface area (Å²) in [5.41, 5.74) is 0.778. The topological polar surface area (TPSA) is 32.3 Å².